The molecule has 7 aromatic carbocycles. The van der Waals surface area contributed by atoms with Crippen molar-refractivity contribution in [2.45, 2.75) is 109 Å². The van der Waals surface area contributed by atoms with E-state index in [0.717, 1.165) is 58.6 Å². The molecule has 1 aliphatic carbocycles. The topological polar surface area (TPSA) is 24.9 Å². The summed E-state index contributed by atoms with van der Waals surface area (Å²) in [5.74, 6) is 3.57. The van der Waals surface area contributed by atoms with Crippen LogP contribution in [0.5, 0.6) is 23.0 Å². The SMILES string of the molecule is CCCCCCCCC1(CCCCCCCC)c2cc(N3c4ccccc4Oc4ccccc43)cc3ccc4cc(N5c6ccccc6Oc6ccccc65)cc1c4c23. The van der Waals surface area contributed by atoms with Crippen molar-refractivity contribution in [3.63, 3.8) is 0 Å². The molecule has 4 heteroatoms. The van der Waals surface area contributed by atoms with Gasteiger partial charge >= 0.3 is 0 Å². The number of unbranched alkanes of at least 4 members (excludes halogenated alkanes) is 10. The van der Waals surface area contributed by atoms with Crippen molar-refractivity contribution in [1.82, 2.24) is 0 Å². The summed E-state index contributed by atoms with van der Waals surface area (Å²) < 4.78 is 13.0. The van der Waals surface area contributed by atoms with Gasteiger partial charge in [0.05, 0.1) is 22.7 Å². The van der Waals surface area contributed by atoms with Gasteiger partial charge in [0, 0.05) is 16.8 Å². The van der Waals surface area contributed by atoms with Crippen molar-refractivity contribution in [3.8, 4) is 23.0 Å². The van der Waals surface area contributed by atoms with Gasteiger partial charge in [-0.25, -0.2) is 0 Å². The molecule has 0 fully saturated rings. The van der Waals surface area contributed by atoms with E-state index < -0.39 is 0 Å². The van der Waals surface area contributed by atoms with Crippen molar-refractivity contribution in [1.29, 1.82) is 0 Å². The molecule has 10 rings (SSSR count). The number of hydrogen-bond acceptors (Lipinski definition) is 4. The highest BCUT2D eigenvalue weighted by atomic mass is 16.5. The Morgan fingerprint density at radius 3 is 1.10 bits per heavy atom. The van der Waals surface area contributed by atoms with E-state index in [1.165, 1.54) is 121 Å². The Bertz CT molecular complexity index is 2370. The predicted octanol–water partition coefficient (Wildman–Crippen LogP) is 17.2. The zero-order chi connectivity index (χ0) is 39.8. The molecular weight excluding hydrogens is 721 g/mol. The minimum absolute atomic E-state index is 0.127. The second-order valence-electron chi connectivity index (χ2n) is 17.1. The number of para-hydroxylation sites is 8. The van der Waals surface area contributed by atoms with Crippen LogP contribution in [-0.2, 0) is 5.41 Å². The van der Waals surface area contributed by atoms with E-state index in [9.17, 15) is 0 Å². The molecule has 298 valence electrons. The number of hydrogen-bond donors (Lipinski definition) is 0. The van der Waals surface area contributed by atoms with Crippen LogP contribution in [0.1, 0.15) is 115 Å². The fourth-order valence-corrected chi connectivity index (χ4v) is 10.5. The number of anilines is 6. The van der Waals surface area contributed by atoms with Gasteiger partial charge in [0.15, 0.2) is 23.0 Å². The summed E-state index contributed by atoms with van der Waals surface area (Å²) in [5.41, 5.74) is 9.63. The average molecular weight is 777 g/mol. The van der Waals surface area contributed by atoms with Gasteiger partial charge in [-0.1, -0.05) is 152 Å². The highest BCUT2D eigenvalue weighted by Crippen LogP contribution is 2.59. The minimum atomic E-state index is -0.127. The molecule has 0 unspecified atom stereocenters. The Balaban J connectivity index is 1.17. The van der Waals surface area contributed by atoms with Crippen LogP contribution < -0.4 is 19.3 Å². The molecule has 2 heterocycles. The van der Waals surface area contributed by atoms with Gasteiger partial charge in [-0.2, -0.15) is 0 Å². The van der Waals surface area contributed by atoms with Gasteiger partial charge in [-0.3, -0.25) is 0 Å². The van der Waals surface area contributed by atoms with Gasteiger partial charge in [-0.15, -0.1) is 0 Å². The highest BCUT2D eigenvalue weighted by molar-refractivity contribution is 6.17. The van der Waals surface area contributed by atoms with E-state index >= 15 is 0 Å². The van der Waals surface area contributed by atoms with Crippen LogP contribution in [-0.4, -0.2) is 0 Å². The zero-order valence-corrected chi connectivity index (χ0v) is 34.8. The smallest absolute Gasteiger partial charge is 0.151 e. The maximum atomic E-state index is 6.52. The lowest BCUT2D eigenvalue weighted by atomic mass is 9.70. The first-order chi connectivity index (χ1) is 29.2. The zero-order valence-electron chi connectivity index (χ0n) is 34.8. The molecule has 4 nitrogen and oxygen atoms in total. The summed E-state index contributed by atoms with van der Waals surface area (Å²) >= 11 is 0. The Morgan fingerprint density at radius 2 is 0.729 bits per heavy atom. The third-order valence-corrected chi connectivity index (χ3v) is 13.3. The molecule has 0 saturated carbocycles. The molecule has 0 saturated heterocycles. The molecule has 3 aliphatic rings. The number of fused-ring (bicyclic) bond motifs is 4. The molecule has 0 amide bonds. The van der Waals surface area contributed by atoms with Crippen molar-refractivity contribution in [3.05, 3.63) is 145 Å². The second-order valence-corrected chi connectivity index (χ2v) is 17.1. The summed E-state index contributed by atoms with van der Waals surface area (Å²) in [4.78, 5) is 4.90. The largest absolute Gasteiger partial charge is 0.453 e. The normalized spacial score (nSPS) is 14.2. The number of nitrogens with zero attached hydrogens (tertiary/aromatic N) is 2. The summed E-state index contributed by atoms with van der Waals surface area (Å²) in [7, 11) is 0. The lowest BCUT2D eigenvalue weighted by Crippen LogP contribution is -2.27. The highest BCUT2D eigenvalue weighted by Gasteiger charge is 2.43. The monoisotopic (exact) mass is 776 g/mol. The first-order valence-corrected chi connectivity index (χ1v) is 22.6. The van der Waals surface area contributed by atoms with Crippen LogP contribution in [0, 0.1) is 0 Å². The van der Waals surface area contributed by atoms with Crippen LogP contribution >= 0.6 is 0 Å². The number of rotatable bonds is 16. The molecule has 7 aromatic rings. The molecule has 0 N–H and O–H groups in total. The van der Waals surface area contributed by atoms with Crippen molar-refractivity contribution in [2.75, 3.05) is 9.80 Å². The van der Waals surface area contributed by atoms with Crippen LogP contribution in [0.2, 0.25) is 0 Å². The lowest BCUT2D eigenvalue weighted by Gasteiger charge is -2.37. The van der Waals surface area contributed by atoms with Gasteiger partial charge in [-0.05, 0) is 118 Å². The van der Waals surface area contributed by atoms with Gasteiger partial charge in [0.2, 0.25) is 0 Å². The molecule has 0 aromatic heterocycles. The number of ether oxygens (including phenoxy) is 2. The third-order valence-electron chi connectivity index (χ3n) is 13.3. The minimum Gasteiger partial charge on any atom is -0.453 e. The molecule has 0 atom stereocenters. The van der Waals surface area contributed by atoms with Crippen molar-refractivity contribution >= 4 is 55.7 Å². The maximum Gasteiger partial charge on any atom is 0.151 e. The van der Waals surface area contributed by atoms with Crippen molar-refractivity contribution < 1.29 is 9.47 Å². The van der Waals surface area contributed by atoms with E-state index in [2.05, 4.69) is 157 Å². The van der Waals surface area contributed by atoms with E-state index in [1.807, 2.05) is 0 Å². The van der Waals surface area contributed by atoms with E-state index in [-0.39, 0.29) is 5.41 Å². The van der Waals surface area contributed by atoms with Crippen LogP contribution in [0.15, 0.2) is 133 Å². The second kappa shape index (κ2) is 16.1. The number of benzene rings is 7. The summed E-state index contributed by atoms with van der Waals surface area (Å²) in [6.07, 6.45) is 17.7. The third kappa shape index (κ3) is 6.62. The average Bonchev–Trinajstić information content (AvgIpc) is 3.55. The van der Waals surface area contributed by atoms with Gasteiger partial charge in [0.1, 0.15) is 0 Å². The Morgan fingerprint density at radius 1 is 0.390 bits per heavy atom. The van der Waals surface area contributed by atoms with Gasteiger partial charge in [0.25, 0.3) is 0 Å². The maximum absolute atomic E-state index is 6.52. The lowest BCUT2D eigenvalue weighted by molar-refractivity contribution is 0.399. The van der Waals surface area contributed by atoms with Crippen LogP contribution in [0.4, 0.5) is 34.1 Å². The summed E-state index contributed by atoms with van der Waals surface area (Å²) in [5, 5.41) is 5.52. The first-order valence-electron chi connectivity index (χ1n) is 22.6. The molecular formula is C55H56N2O2. The first kappa shape index (κ1) is 37.5. The Labute approximate surface area is 350 Å². The van der Waals surface area contributed by atoms with E-state index in [0.29, 0.717) is 0 Å². The quantitative estimate of drug-likeness (QED) is 0.0721. The summed E-state index contributed by atoms with van der Waals surface area (Å²) in [6.45, 7) is 4.64. The fraction of sp³-hybridized carbons (Fsp3) is 0.309. The Kier molecular flexibility index (Phi) is 10.3. The summed E-state index contributed by atoms with van der Waals surface area (Å²) in [6, 6.07) is 48.9. The van der Waals surface area contributed by atoms with E-state index in [4.69, 9.17) is 9.47 Å². The molecule has 2 aliphatic heterocycles. The molecule has 59 heavy (non-hydrogen) atoms. The van der Waals surface area contributed by atoms with Crippen LogP contribution in [0.25, 0.3) is 21.5 Å². The Hall–Kier alpha value is -5.74. The predicted molar refractivity (Wildman–Crippen MR) is 248 cm³/mol. The molecule has 0 radical (unpaired) electrons. The van der Waals surface area contributed by atoms with Gasteiger partial charge < -0.3 is 19.3 Å². The fourth-order valence-electron chi connectivity index (χ4n) is 10.5. The van der Waals surface area contributed by atoms with Crippen molar-refractivity contribution in [2.24, 2.45) is 0 Å². The molecule has 0 spiro atoms. The standard InChI is InChI=1S/C55H56N2O2/c1-3-5-7-9-11-21-33-55(34-22-12-10-8-6-4-2)43-37-41(56-45-23-13-17-27-49(45)58-50-28-18-14-24-46(50)56)35-39-31-32-40-36-42(38-44(55)54(40)53(39)43)57-47-25-15-19-29-51(47)59-52-30-20-16-26-48(52)57/h13-20,23-32,35-38H,3-12,21-22,33-34H2,1-2H3. The van der Waals surface area contributed by atoms with E-state index in [1.54, 1.807) is 0 Å². The molecule has 0 bridgehead atoms. The van der Waals surface area contributed by atoms with Crippen LogP contribution in [0.3, 0.4) is 0 Å².